The van der Waals surface area contributed by atoms with Crippen molar-refractivity contribution in [2.45, 2.75) is 18.1 Å². The highest BCUT2D eigenvalue weighted by atomic mass is 32.2. The van der Waals surface area contributed by atoms with Crippen molar-refractivity contribution in [1.29, 1.82) is 0 Å². The van der Waals surface area contributed by atoms with Gasteiger partial charge in [0.05, 0.1) is 11.8 Å². The molecule has 1 aliphatic heterocycles. The molecule has 2 heterocycles. The molecule has 0 saturated heterocycles. The summed E-state index contributed by atoms with van der Waals surface area (Å²) in [6, 6.07) is 14.7. The first-order valence-corrected chi connectivity index (χ1v) is 11.4. The molecular weight excluding hydrogens is 444 g/mol. The predicted octanol–water partition coefficient (Wildman–Crippen LogP) is 3.69. The summed E-state index contributed by atoms with van der Waals surface area (Å²) in [4.78, 5) is 26.3. The molecule has 1 aliphatic rings. The summed E-state index contributed by atoms with van der Waals surface area (Å²) in [6.45, 7) is 2.90. The molecule has 3 aromatic rings. The van der Waals surface area contributed by atoms with E-state index in [0.29, 0.717) is 35.4 Å². The molecule has 0 N–H and O–H groups in total. The number of hydrogen-bond acceptors (Lipinski definition) is 8. The van der Waals surface area contributed by atoms with Crippen molar-refractivity contribution >= 4 is 23.6 Å². The summed E-state index contributed by atoms with van der Waals surface area (Å²) in [5, 5.41) is 8.73. The molecule has 33 heavy (non-hydrogen) atoms. The quantitative estimate of drug-likeness (QED) is 0.383. The maximum Gasteiger partial charge on any atom is 0.417 e. The number of ether oxygens (including phenoxy) is 3. The largest absolute Gasteiger partial charge is 0.486 e. The van der Waals surface area contributed by atoms with Crippen LogP contribution >= 0.6 is 11.8 Å². The van der Waals surface area contributed by atoms with Gasteiger partial charge >= 0.3 is 12.1 Å². The Balaban J connectivity index is 1.56. The summed E-state index contributed by atoms with van der Waals surface area (Å²) in [5.74, 6) is 1.23. The molecule has 1 atom stereocenters. The number of rotatable bonds is 7. The molecule has 0 spiro atoms. The molecular formula is C23H24N4O5S. The normalized spacial score (nSPS) is 13.3. The fourth-order valence-corrected chi connectivity index (χ4v) is 4.14. The first-order valence-electron chi connectivity index (χ1n) is 10.4. The second kappa shape index (κ2) is 9.95. The second-order valence-electron chi connectivity index (χ2n) is 7.55. The minimum absolute atomic E-state index is 0.0688. The van der Waals surface area contributed by atoms with Crippen LogP contribution in [0, 0.1) is 0 Å². The predicted molar refractivity (Wildman–Crippen MR) is 122 cm³/mol. The highest BCUT2D eigenvalue weighted by Crippen LogP contribution is 2.33. The fraction of sp³-hybridized carbons (Fsp3) is 0.304. The number of carbonyl (C=O) groups is 2. The molecule has 2 aromatic carbocycles. The Morgan fingerprint density at radius 3 is 2.55 bits per heavy atom. The summed E-state index contributed by atoms with van der Waals surface area (Å²) in [7, 11) is 3.18. The van der Waals surface area contributed by atoms with Crippen molar-refractivity contribution in [3.8, 4) is 17.5 Å². The first-order chi connectivity index (χ1) is 15.9. The van der Waals surface area contributed by atoms with Gasteiger partial charge < -0.3 is 19.1 Å². The van der Waals surface area contributed by atoms with Crippen molar-refractivity contribution in [3.05, 3.63) is 59.7 Å². The smallest absolute Gasteiger partial charge is 0.417 e. The van der Waals surface area contributed by atoms with E-state index in [0.717, 1.165) is 5.56 Å². The fourth-order valence-electron chi connectivity index (χ4n) is 3.24. The van der Waals surface area contributed by atoms with Gasteiger partial charge in [-0.15, -0.1) is 5.10 Å². The Morgan fingerprint density at radius 1 is 1.09 bits per heavy atom. The van der Waals surface area contributed by atoms with Crippen LogP contribution in [-0.2, 0) is 0 Å². The average molecular weight is 469 g/mol. The lowest BCUT2D eigenvalue weighted by Gasteiger charge is -2.19. The monoisotopic (exact) mass is 468 g/mol. The van der Waals surface area contributed by atoms with Crippen LogP contribution in [0.15, 0.2) is 53.7 Å². The van der Waals surface area contributed by atoms with Gasteiger partial charge in [-0.05, 0) is 30.7 Å². The number of Topliss-reactive ketones (excluding diaryl/α,β-unsaturated/α-hetero) is 1. The lowest BCUT2D eigenvalue weighted by atomic mass is 10.1. The van der Waals surface area contributed by atoms with Gasteiger partial charge in [0.1, 0.15) is 13.2 Å². The molecule has 1 aromatic heterocycles. The van der Waals surface area contributed by atoms with Gasteiger partial charge in [-0.25, -0.2) is 4.79 Å². The maximum absolute atomic E-state index is 12.9. The van der Waals surface area contributed by atoms with E-state index in [1.165, 1.54) is 16.7 Å². The third kappa shape index (κ3) is 5.11. The van der Waals surface area contributed by atoms with Crippen LogP contribution in [0.3, 0.4) is 0 Å². The van der Waals surface area contributed by atoms with E-state index in [9.17, 15) is 9.59 Å². The van der Waals surface area contributed by atoms with Crippen LogP contribution < -0.4 is 14.2 Å². The van der Waals surface area contributed by atoms with E-state index in [4.69, 9.17) is 14.2 Å². The number of amides is 1. The molecule has 9 nitrogen and oxygen atoms in total. The van der Waals surface area contributed by atoms with Crippen LogP contribution in [0.2, 0.25) is 0 Å². The van der Waals surface area contributed by atoms with E-state index in [1.807, 2.05) is 37.3 Å². The second-order valence-corrected chi connectivity index (χ2v) is 8.50. The van der Waals surface area contributed by atoms with Crippen molar-refractivity contribution < 1.29 is 23.8 Å². The van der Waals surface area contributed by atoms with Crippen LogP contribution in [0.25, 0.3) is 0 Å². The molecule has 0 radical (unpaired) electrons. The minimum atomic E-state index is -0.562. The number of aromatic nitrogens is 3. The van der Waals surface area contributed by atoms with E-state index in [1.54, 1.807) is 36.9 Å². The molecule has 10 heteroatoms. The van der Waals surface area contributed by atoms with Gasteiger partial charge in [-0.3, -0.25) is 9.36 Å². The standard InChI is InChI=1S/C23H24N4O5S/c1-15(16-7-5-4-6-8-16)27-21(32-23(29)26(2)3)24-25-22(27)33-14-18(28)17-9-10-19-20(13-17)31-12-11-30-19/h4-10,13,15H,11-12,14H2,1-3H3/t15-/m1/s1. The molecule has 0 saturated carbocycles. The van der Waals surface area contributed by atoms with Crippen LogP contribution in [0.1, 0.15) is 28.9 Å². The summed E-state index contributed by atoms with van der Waals surface area (Å²) in [6.07, 6.45) is -0.562. The first kappa shape index (κ1) is 22.7. The molecule has 0 aliphatic carbocycles. The Hall–Kier alpha value is -3.53. The topological polar surface area (TPSA) is 95.8 Å². The Kier molecular flexibility index (Phi) is 6.83. The van der Waals surface area contributed by atoms with E-state index < -0.39 is 6.09 Å². The van der Waals surface area contributed by atoms with Gasteiger partial charge in [0.25, 0.3) is 0 Å². The minimum Gasteiger partial charge on any atom is -0.486 e. The molecule has 0 unspecified atom stereocenters. The van der Waals surface area contributed by atoms with Crippen molar-refractivity contribution in [2.24, 2.45) is 0 Å². The number of carbonyl (C=O) groups excluding carboxylic acids is 2. The SMILES string of the molecule is C[C@H](c1ccccc1)n1c(OC(=O)N(C)C)nnc1SCC(=O)c1ccc2c(c1)OCCO2. The summed E-state index contributed by atoms with van der Waals surface area (Å²) in [5.41, 5.74) is 1.51. The van der Waals surface area contributed by atoms with E-state index in [2.05, 4.69) is 10.2 Å². The van der Waals surface area contributed by atoms with Gasteiger partial charge in [-0.2, -0.15) is 0 Å². The molecule has 0 fully saturated rings. The number of fused-ring (bicyclic) bond motifs is 1. The molecule has 172 valence electrons. The average Bonchev–Trinajstić information content (AvgIpc) is 3.24. The number of benzene rings is 2. The summed E-state index contributed by atoms with van der Waals surface area (Å²) < 4.78 is 18.2. The summed E-state index contributed by atoms with van der Waals surface area (Å²) >= 11 is 1.23. The van der Waals surface area contributed by atoms with Crippen LogP contribution in [0.5, 0.6) is 17.5 Å². The maximum atomic E-state index is 12.9. The molecule has 0 bridgehead atoms. The molecule has 4 rings (SSSR count). The Morgan fingerprint density at radius 2 is 1.82 bits per heavy atom. The van der Waals surface area contributed by atoms with Crippen LogP contribution in [-0.4, -0.2) is 64.6 Å². The highest BCUT2D eigenvalue weighted by molar-refractivity contribution is 7.99. The lowest BCUT2D eigenvalue weighted by Crippen LogP contribution is -2.27. The molecule has 1 amide bonds. The number of thioether (sulfide) groups is 1. The third-order valence-corrected chi connectivity index (χ3v) is 5.99. The number of nitrogens with zero attached hydrogens (tertiary/aromatic N) is 4. The van der Waals surface area contributed by atoms with Gasteiger partial charge in [0, 0.05) is 19.7 Å². The van der Waals surface area contributed by atoms with Crippen molar-refractivity contribution in [3.63, 3.8) is 0 Å². The van der Waals surface area contributed by atoms with E-state index >= 15 is 0 Å². The Bertz CT molecular complexity index is 1150. The lowest BCUT2D eigenvalue weighted by molar-refractivity contribution is 0.102. The van der Waals surface area contributed by atoms with E-state index in [-0.39, 0.29) is 23.6 Å². The number of hydrogen-bond donors (Lipinski definition) is 0. The zero-order valence-corrected chi connectivity index (χ0v) is 19.4. The van der Waals surface area contributed by atoms with Gasteiger partial charge in [0.2, 0.25) is 0 Å². The highest BCUT2D eigenvalue weighted by Gasteiger charge is 2.24. The zero-order valence-electron chi connectivity index (χ0n) is 18.6. The number of ketones is 1. The zero-order chi connectivity index (χ0) is 23.4. The third-order valence-electron chi connectivity index (χ3n) is 5.04. The Labute approximate surface area is 195 Å². The van der Waals surface area contributed by atoms with Crippen LogP contribution in [0.4, 0.5) is 4.79 Å². The van der Waals surface area contributed by atoms with Gasteiger partial charge in [0.15, 0.2) is 22.4 Å². The van der Waals surface area contributed by atoms with Crippen molar-refractivity contribution in [2.75, 3.05) is 33.1 Å². The van der Waals surface area contributed by atoms with Gasteiger partial charge in [-0.1, -0.05) is 47.2 Å². The van der Waals surface area contributed by atoms with Crippen molar-refractivity contribution in [1.82, 2.24) is 19.7 Å².